The molecule has 0 aromatic heterocycles. The van der Waals surface area contributed by atoms with Crippen molar-refractivity contribution in [3.8, 4) is 11.5 Å². The van der Waals surface area contributed by atoms with Crippen LogP contribution in [0.1, 0.15) is 32.4 Å². The van der Waals surface area contributed by atoms with E-state index in [0.29, 0.717) is 6.04 Å². The van der Waals surface area contributed by atoms with E-state index >= 15 is 0 Å². The molecule has 0 amide bonds. The fourth-order valence-corrected chi connectivity index (χ4v) is 3.19. The van der Waals surface area contributed by atoms with Gasteiger partial charge in [0.2, 0.25) is 0 Å². The lowest BCUT2D eigenvalue weighted by Crippen LogP contribution is -2.48. The Labute approximate surface area is 152 Å². The monoisotopic (exact) mass is 364 g/mol. The van der Waals surface area contributed by atoms with Gasteiger partial charge in [0.25, 0.3) is 0 Å². The highest BCUT2D eigenvalue weighted by Gasteiger charge is 2.33. The molecule has 1 fully saturated rings. The fraction of sp³-hybridized carbons (Fsp3) is 0.647. The highest BCUT2D eigenvalue weighted by atomic mass is 35.5. The average molecular weight is 365 g/mol. The van der Waals surface area contributed by atoms with Gasteiger partial charge in [-0.3, -0.25) is 4.90 Å². The van der Waals surface area contributed by atoms with E-state index in [9.17, 15) is 0 Å². The second-order valence-corrected chi connectivity index (χ2v) is 6.70. The van der Waals surface area contributed by atoms with Gasteiger partial charge in [0.1, 0.15) is 11.5 Å². The van der Waals surface area contributed by atoms with Crippen LogP contribution in [-0.2, 0) is 0 Å². The first-order valence-electron chi connectivity index (χ1n) is 7.63. The number of hydrogen-bond acceptors (Lipinski definition) is 4. The molecule has 0 bridgehead atoms. The Balaban J connectivity index is 0.00000242. The lowest BCUT2D eigenvalue weighted by Gasteiger charge is -2.42. The van der Waals surface area contributed by atoms with Crippen molar-refractivity contribution < 1.29 is 9.47 Å². The topological polar surface area (TPSA) is 33.7 Å². The van der Waals surface area contributed by atoms with Crippen molar-refractivity contribution in [2.45, 2.75) is 26.8 Å². The molecule has 4 nitrogen and oxygen atoms in total. The van der Waals surface area contributed by atoms with Gasteiger partial charge in [0.15, 0.2) is 0 Å². The van der Waals surface area contributed by atoms with Crippen LogP contribution in [0.3, 0.4) is 0 Å². The summed E-state index contributed by atoms with van der Waals surface area (Å²) in [5, 5.41) is 3.43. The normalized spacial score (nSPS) is 16.7. The molecular formula is C17H30Cl2N2O2. The third kappa shape index (κ3) is 5.71. The van der Waals surface area contributed by atoms with Crippen LogP contribution < -0.4 is 14.8 Å². The van der Waals surface area contributed by atoms with Crippen molar-refractivity contribution >= 4 is 24.8 Å². The molecule has 2 rings (SSSR count). The Bertz CT molecular complexity index is 450. The van der Waals surface area contributed by atoms with Crippen molar-refractivity contribution in [1.29, 1.82) is 0 Å². The van der Waals surface area contributed by atoms with Crippen molar-refractivity contribution in [1.82, 2.24) is 10.2 Å². The molecule has 0 saturated carbocycles. The molecule has 6 heteroatoms. The number of ether oxygens (including phenoxy) is 2. The van der Waals surface area contributed by atoms with Gasteiger partial charge in [-0.2, -0.15) is 0 Å². The number of methoxy groups -OCH3 is 2. The van der Waals surface area contributed by atoms with Crippen LogP contribution in [0.15, 0.2) is 18.2 Å². The molecule has 1 aliphatic rings. The van der Waals surface area contributed by atoms with Gasteiger partial charge in [0.05, 0.1) is 14.2 Å². The van der Waals surface area contributed by atoms with Crippen LogP contribution in [0.4, 0.5) is 0 Å². The molecule has 23 heavy (non-hydrogen) atoms. The smallest absolute Gasteiger partial charge is 0.122 e. The largest absolute Gasteiger partial charge is 0.497 e. The van der Waals surface area contributed by atoms with Crippen LogP contribution in [0.2, 0.25) is 0 Å². The van der Waals surface area contributed by atoms with Crippen molar-refractivity contribution in [2.75, 3.05) is 40.4 Å². The van der Waals surface area contributed by atoms with Gasteiger partial charge in [0, 0.05) is 38.3 Å². The van der Waals surface area contributed by atoms with Crippen LogP contribution in [0, 0.1) is 5.41 Å². The Kier molecular flexibility index (Phi) is 9.29. The summed E-state index contributed by atoms with van der Waals surface area (Å²) in [5.41, 5.74) is 1.41. The first kappa shape index (κ1) is 22.3. The van der Waals surface area contributed by atoms with Gasteiger partial charge in [-0.05, 0) is 23.1 Å². The second kappa shape index (κ2) is 9.58. The Morgan fingerprint density at radius 2 is 1.43 bits per heavy atom. The summed E-state index contributed by atoms with van der Waals surface area (Å²) in [6.45, 7) is 11.1. The van der Waals surface area contributed by atoms with Crippen LogP contribution in [0.5, 0.6) is 11.5 Å². The van der Waals surface area contributed by atoms with E-state index in [1.165, 1.54) is 5.56 Å². The molecule has 1 aliphatic heterocycles. The zero-order chi connectivity index (χ0) is 15.5. The minimum absolute atomic E-state index is 0. The third-order valence-corrected chi connectivity index (χ3v) is 4.03. The quantitative estimate of drug-likeness (QED) is 0.885. The molecule has 1 aromatic rings. The first-order chi connectivity index (χ1) is 9.95. The maximum Gasteiger partial charge on any atom is 0.122 e. The Hall–Kier alpha value is -0.680. The highest BCUT2D eigenvalue weighted by molar-refractivity contribution is 5.85. The maximum atomic E-state index is 5.44. The van der Waals surface area contributed by atoms with Gasteiger partial charge < -0.3 is 14.8 Å². The number of benzene rings is 1. The van der Waals surface area contributed by atoms with E-state index in [2.05, 4.69) is 43.1 Å². The lowest BCUT2D eigenvalue weighted by molar-refractivity contribution is 0.0859. The summed E-state index contributed by atoms with van der Waals surface area (Å²) in [7, 11) is 3.41. The molecule has 1 atom stereocenters. The third-order valence-electron chi connectivity index (χ3n) is 4.03. The predicted molar refractivity (Wildman–Crippen MR) is 101 cm³/mol. The highest BCUT2D eigenvalue weighted by Crippen LogP contribution is 2.40. The van der Waals surface area contributed by atoms with E-state index in [0.717, 1.165) is 37.7 Å². The summed E-state index contributed by atoms with van der Waals surface area (Å²) >= 11 is 0. The number of rotatable bonds is 4. The number of halogens is 2. The summed E-state index contributed by atoms with van der Waals surface area (Å²) < 4.78 is 10.9. The van der Waals surface area contributed by atoms with E-state index < -0.39 is 0 Å². The van der Waals surface area contributed by atoms with Crippen LogP contribution in [0.25, 0.3) is 0 Å². The zero-order valence-corrected chi connectivity index (χ0v) is 16.4. The molecule has 1 heterocycles. The first-order valence-corrected chi connectivity index (χ1v) is 7.63. The van der Waals surface area contributed by atoms with Crippen LogP contribution >= 0.6 is 24.8 Å². The minimum atomic E-state index is 0. The van der Waals surface area contributed by atoms with Crippen molar-refractivity contribution in [2.24, 2.45) is 5.41 Å². The molecule has 0 unspecified atom stereocenters. The number of nitrogens with zero attached hydrogens (tertiary/aromatic N) is 1. The van der Waals surface area contributed by atoms with E-state index in [-0.39, 0.29) is 30.2 Å². The van der Waals surface area contributed by atoms with Crippen molar-refractivity contribution in [3.05, 3.63) is 23.8 Å². The van der Waals surface area contributed by atoms with E-state index in [4.69, 9.17) is 9.47 Å². The Morgan fingerprint density at radius 3 is 1.83 bits per heavy atom. The Morgan fingerprint density at radius 1 is 0.957 bits per heavy atom. The average Bonchev–Trinajstić information content (AvgIpc) is 2.46. The molecule has 0 radical (unpaired) electrons. The fourth-order valence-electron chi connectivity index (χ4n) is 3.19. The van der Waals surface area contributed by atoms with Gasteiger partial charge >= 0.3 is 0 Å². The van der Waals surface area contributed by atoms with E-state index in [1.54, 1.807) is 14.2 Å². The number of piperazine rings is 1. The number of nitrogens with one attached hydrogen (secondary N) is 1. The van der Waals surface area contributed by atoms with Gasteiger partial charge in [-0.15, -0.1) is 24.8 Å². The predicted octanol–water partition coefficient (Wildman–Crippen LogP) is 3.54. The minimum Gasteiger partial charge on any atom is -0.497 e. The lowest BCUT2D eigenvalue weighted by atomic mass is 9.80. The van der Waals surface area contributed by atoms with Gasteiger partial charge in [-0.1, -0.05) is 20.8 Å². The van der Waals surface area contributed by atoms with Crippen molar-refractivity contribution in [3.63, 3.8) is 0 Å². The summed E-state index contributed by atoms with van der Waals surface area (Å²) in [5.74, 6) is 1.71. The van der Waals surface area contributed by atoms with Gasteiger partial charge in [-0.25, -0.2) is 0 Å². The molecule has 134 valence electrons. The zero-order valence-electron chi connectivity index (χ0n) is 14.7. The number of hydrogen-bond donors (Lipinski definition) is 1. The summed E-state index contributed by atoms with van der Waals surface area (Å²) in [6.07, 6.45) is 0. The molecular weight excluding hydrogens is 335 g/mol. The molecule has 1 N–H and O–H groups in total. The molecule has 1 aromatic carbocycles. The van der Waals surface area contributed by atoms with Crippen LogP contribution in [-0.4, -0.2) is 45.3 Å². The maximum absolute atomic E-state index is 5.44. The van der Waals surface area contributed by atoms with E-state index in [1.807, 2.05) is 6.07 Å². The summed E-state index contributed by atoms with van der Waals surface area (Å²) in [4.78, 5) is 2.56. The molecule has 0 spiro atoms. The molecule has 1 saturated heterocycles. The SMILES string of the molecule is COc1cc(OC)cc([C@@H](N2CCNCC2)C(C)(C)C)c1.Cl.Cl. The summed E-state index contributed by atoms with van der Waals surface area (Å²) in [6, 6.07) is 6.56. The standard InChI is InChI=1S/C17H28N2O2.2ClH/c1-17(2,3)16(19-8-6-18-7-9-19)13-10-14(20-4)12-15(11-13)21-5;;/h10-12,16,18H,6-9H2,1-5H3;2*1H/t16-;;/m1../s1. The molecule has 0 aliphatic carbocycles. The second-order valence-electron chi connectivity index (χ2n) is 6.70.